The molecule has 0 radical (unpaired) electrons. The molecule has 0 spiro atoms. The van der Waals surface area contributed by atoms with Crippen molar-refractivity contribution in [3.8, 4) is 0 Å². The van der Waals surface area contributed by atoms with Crippen molar-refractivity contribution in [3.05, 3.63) is 29.8 Å². The summed E-state index contributed by atoms with van der Waals surface area (Å²) in [4.78, 5) is 16.4. The number of carbonyl (C=O) groups excluding carboxylic acids is 1. The Bertz CT molecular complexity index is 607. The summed E-state index contributed by atoms with van der Waals surface area (Å²) in [7, 11) is -3.31. The average molecular weight is 312 g/mol. The van der Waals surface area contributed by atoms with Crippen LogP contribution in [0.5, 0.6) is 0 Å². The number of benzene rings is 1. The highest BCUT2D eigenvalue weighted by molar-refractivity contribution is 7.90. The van der Waals surface area contributed by atoms with Gasteiger partial charge in [0.2, 0.25) is 0 Å². The van der Waals surface area contributed by atoms with Crippen molar-refractivity contribution in [2.45, 2.75) is 4.90 Å². The highest BCUT2D eigenvalue weighted by Gasteiger charge is 2.22. The zero-order valence-corrected chi connectivity index (χ0v) is 12.8. The van der Waals surface area contributed by atoms with Gasteiger partial charge in [-0.3, -0.25) is 9.69 Å². The van der Waals surface area contributed by atoms with Crippen LogP contribution in [0.25, 0.3) is 0 Å². The molecule has 1 aromatic rings. The van der Waals surface area contributed by atoms with Crippen molar-refractivity contribution in [3.63, 3.8) is 0 Å². The Morgan fingerprint density at radius 1 is 1.24 bits per heavy atom. The van der Waals surface area contributed by atoms with Gasteiger partial charge < -0.3 is 10.0 Å². The molecule has 1 aromatic carbocycles. The van der Waals surface area contributed by atoms with E-state index in [1.54, 1.807) is 17.0 Å². The second-order valence-electron chi connectivity index (χ2n) is 5.16. The Morgan fingerprint density at radius 2 is 1.90 bits per heavy atom. The molecule has 1 aliphatic heterocycles. The maximum Gasteiger partial charge on any atom is 0.253 e. The third kappa shape index (κ3) is 4.03. The minimum Gasteiger partial charge on any atom is -0.395 e. The minimum absolute atomic E-state index is 0.115. The number of aliphatic hydroxyl groups excluding tert-OH is 1. The van der Waals surface area contributed by atoms with Crippen molar-refractivity contribution in [1.29, 1.82) is 0 Å². The number of rotatable bonds is 4. The van der Waals surface area contributed by atoms with Crippen LogP contribution in [0.15, 0.2) is 29.2 Å². The van der Waals surface area contributed by atoms with Crippen LogP contribution in [0.3, 0.4) is 0 Å². The predicted molar refractivity (Wildman–Crippen MR) is 79.0 cm³/mol. The maximum absolute atomic E-state index is 12.4. The fourth-order valence-corrected chi connectivity index (χ4v) is 3.03. The average Bonchev–Trinajstić information content (AvgIpc) is 2.47. The topological polar surface area (TPSA) is 77.9 Å². The largest absolute Gasteiger partial charge is 0.395 e. The highest BCUT2D eigenvalue weighted by atomic mass is 32.2. The molecule has 0 aromatic heterocycles. The van der Waals surface area contributed by atoms with Crippen molar-refractivity contribution in [2.75, 3.05) is 45.6 Å². The van der Waals surface area contributed by atoms with Gasteiger partial charge in [0, 0.05) is 44.5 Å². The second kappa shape index (κ2) is 6.55. The summed E-state index contributed by atoms with van der Waals surface area (Å²) >= 11 is 0. The molecule has 0 bridgehead atoms. The van der Waals surface area contributed by atoms with Gasteiger partial charge in [0.15, 0.2) is 9.84 Å². The van der Waals surface area contributed by atoms with E-state index >= 15 is 0 Å². The SMILES string of the molecule is CS(=O)(=O)c1cccc(C(=O)N2CCN(CCO)CC2)c1. The molecule has 1 N–H and O–H groups in total. The van der Waals surface area contributed by atoms with Gasteiger partial charge in [-0.1, -0.05) is 6.07 Å². The van der Waals surface area contributed by atoms with E-state index in [9.17, 15) is 13.2 Å². The van der Waals surface area contributed by atoms with E-state index in [0.29, 0.717) is 25.2 Å². The summed E-state index contributed by atoms with van der Waals surface area (Å²) in [6.07, 6.45) is 1.13. The summed E-state index contributed by atoms with van der Waals surface area (Å²) in [5, 5.41) is 8.90. The van der Waals surface area contributed by atoms with E-state index in [4.69, 9.17) is 5.11 Å². The van der Waals surface area contributed by atoms with Crippen LogP contribution >= 0.6 is 0 Å². The fourth-order valence-electron chi connectivity index (χ4n) is 2.36. The van der Waals surface area contributed by atoms with Gasteiger partial charge in [0.1, 0.15) is 0 Å². The van der Waals surface area contributed by atoms with E-state index in [0.717, 1.165) is 19.3 Å². The highest BCUT2D eigenvalue weighted by Crippen LogP contribution is 2.14. The van der Waals surface area contributed by atoms with E-state index in [1.807, 2.05) is 0 Å². The lowest BCUT2D eigenvalue weighted by molar-refractivity contribution is 0.0615. The molecule has 0 atom stereocenters. The normalized spacial score (nSPS) is 17.0. The zero-order chi connectivity index (χ0) is 15.5. The third-order valence-corrected chi connectivity index (χ3v) is 4.70. The molecule has 21 heavy (non-hydrogen) atoms. The first-order chi connectivity index (χ1) is 9.91. The Balaban J connectivity index is 2.08. The number of hydrogen-bond donors (Lipinski definition) is 1. The van der Waals surface area contributed by atoms with Crippen LogP contribution < -0.4 is 0 Å². The van der Waals surface area contributed by atoms with Gasteiger partial charge in [-0.25, -0.2) is 8.42 Å². The first-order valence-electron chi connectivity index (χ1n) is 6.84. The Morgan fingerprint density at radius 3 is 2.48 bits per heavy atom. The Labute approximate surface area is 124 Å². The molecular formula is C14H20N2O4S. The van der Waals surface area contributed by atoms with Crippen molar-refractivity contribution >= 4 is 15.7 Å². The molecule has 2 rings (SSSR count). The molecule has 1 amide bonds. The molecular weight excluding hydrogens is 292 g/mol. The van der Waals surface area contributed by atoms with Gasteiger partial charge in [-0.2, -0.15) is 0 Å². The number of β-amino-alcohol motifs (C(OH)–C–C–N with tert-alkyl or cyclic N) is 1. The van der Waals surface area contributed by atoms with Gasteiger partial charge in [0.05, 0.1) is 11.5 Å². The van der Waals surface area contributed by atoms with E-state index < -0.39 is 9.84 Å². The van der Waals surface area contributed by atoms with E-state index in [1.165, 1.54) is 12.1 Å². The standard InChI is InChI=1S/C14H20N2O4S/c1-21(19,20)13-4-2-3-12(11-13)14(18)16-7-5-15(6-8-16)9-10-17/h2-4,11,17H,5-10H2,1H3. The summed E-state index contributed by atoms with van der Waals surface area (Å²) in [5.41, 5.74) is 0.397. The van der Waals surface area contributed by atoms with Crippen LogP contribution in [-0.4, -0.2) is 74.8 Å². The van der Waals surface area contributed by atoms with Crippen LogP contribution in [0.1, 0.15) is 10.4 Å². The maximum atomic E-state index is 12.4. The van der Waals surface area contributed by atoms with Crippen LogP contribution in [-0.2, 0) is 9.84 Å². The van der Waals surface area contributed by atoms with Crippen molar-refractivity contribution in [2.24, 2.45) is 0 Å². The van der Waals surface area contributed by atoms with Crippen molar-refractivity contribution < 1.29 is 18.3 Å². The zero-order valence-electron chi connectivity index (χ0n) is 12.0. The Hall–Kier alpha value is -1.44. The molecule has 1 fully saturated rings. The van der Waals surface area contributed by atoms with E-state index in [2.05, 4.69) is 4.90 Å². The number of piperazine rings is 1. The molecule has 6 nitrogen and oxygen atoms in total. The van der Waals surface area contributed by atoms with Crippen LogP contribution in [0.4, 0.5) is 0 Å². The number of sulfone groups is 1. The first kappa shape index (κ1) is 15.9. The summed E-state index contributed by atoms with van der Waals surface area (Å²) in [6, 6.07) is 6.14. The molecule has 0 saturated carbocycles. The lowest BCUT2D eigenvalue weighted by Crippen LogP contribution is -2.49. The molecule has 0 aliphatic carbocycles. The second-order valence-corrected chi connectivity index (χ2v) is 7.17. The summed E-state index contributed by atoms with van der Waals surface area (Å²) in [5.74, 6) is -0.149. The summed E-state index contributed by atoms with van der Waals surface area (Å²) < 4.78 is 23.1. The number of amides is 1. The van der Waals surface area contributed by atoms with Crippen LogP contribution in [0.2, 0.25) is 0 Å². The molecule has 1 aliphatic rings. The molecule has 1 heterocycles. The quantitative estimate of drug-likeness (QED) is 0.836. The number of carbonyl (C=O) groups is 1. The van der Waals surface area contributed by atoms with Gasteiger partial charge >= 0.3 is 0 Å². The lowest BCUT2D eigenvalue weighted by Gasteiger charge is -2.34. The number of aliphatic hydroxyl groups is 1. The minimum atomic E-state index is -3.31. The smallest absolute Gasteiger partial charge is 0.253 e. The van der Waals surface area contributed by atoms with Gasteiger partial charge in [-0.15, -0.1) is 0 Å². The van der Waals surface area contributed by atoms with E-state index in [-0.39, 0.29) is 17.4 Å². The fraction of sp³-hybridized carbons (Fsp3) is 0.500. The number of nitrogens with zero attached hydrogens (tertiary/aromatic N) is 2. The Kier molecular flexibility index (Phi) is 4.97. The third-order valence-electron chi connectivity index (χ3n) is 3.58. The van der Waals surface area contributed by atoms with Crippen molar-refractivity contribution in [1.82, 2.24) is 9.80 Å². The van der Waals surface area contributed by atoms with Crippen LogP contribution in [0, 0.1) is 0 Å². The molecule has 7 heteroatoms. The molecule has 1 saturated heterocycles. The van der Waals surface area contributed by atoms with Gasteiger partial charge in [0.25, 0.3) is 5.91 Å². The van der Waals surface area contributed by atoms with Gasteiger partial charge in [-0.05, 0) is 18.2 Å². The summed E-state index contributed by atoms with van der Waals surface area (Å²) in [6.45, 7) is 3.34. The number of hydrogen-bond acceptors (Lipinski definition) is 5. The first-order valence-corrected chi connectivity index (χ1v) is 8.73. The molecule has 0 unspecified atom stereocenters. The monoisotopic (exact) mass is 312 g/mol. The predicted octanol–water partition coefficient (Wildman–Crippen LogP) is -0.160. The lowest BCUT2D eigenvalue weighted by atomic mass is 10.2. The molecule has 116 valence electrons.